The molecular formula is C20H28Br2N2O2. The van der Waals surface area contributed by atoms with E-state index in [1.165, 1.54) is 38.3 Å². The van der Waals surface area contributed by atoms with Gasteiger partial charge >= 0.3 is 0 Å². The number of aromatic nitrogens is 1. The van der Waals surface area contributed by atoms with Crippen LogP contribution >= 0.6 is 34.0 Å². The molecule has 0 amide bonds. The van der Waals surface area contributed by atoms with Crippen LogP contribution < -0.4 is 9.47 Å². The minimum Gasteiger partial charge on any atom is -0.619 e. The zero-order chi connectivity index (χ0) is 16.8. The number of piperidine rings is 1. The number of ether oxygens (including phenoxy) is 1. The maximum Gasteiger partial charge on any atom is 0.180 e. The van der Waals surface area contributed by atoms with Gasteiger partial charge in [0.2, 0.25) is 0 Å². The van der Waals surface area contributed by atoms with E-state index in [2.05, 4.69) is 11.8 Å². The number of pyridine rings is 1. The summed E-state index contributed by atoms with van der Waals surface area (Å²) < 4.78 is 6.65. The molecule has 4 nitrogen and oxygen atoms in total. The number of rotatable bonds is 6. The molecule has 0 N–H and O–H groups in total. The van der Waals surface area contributed by atoms with Crippen LogP contribution in [0.4, 0.5) is 0 Å². The molecule has 1 fully saturated rings. The summed E-state index contributed by atoms with van der Waals surface area (Å²) in [5.41, 5.74) is 2.12. The summed E-state index contributed by atoms with van der Waals surface area (Å²) >= 11 is 0. The van der Waals surface area contributed by atoms with Crippen LogP contribution in [0.15, 0.2) is 48.8 Å². The van der Waals surface area contributed by atoms with E-state index in [-0.39, 0.29) is 34.0 Å². The molecule has 0 spiro atoms. The van der Waals surface area contributed by atoms with Crippen LogP contribution in [0.3, 0.4) is 0 Å². The van der Waals surface area contributed by atoms with Gasteiger partial charge in [0.15, 0.2) is 12.4 Å². The standard InChI is InChI=1S/C20H26N2O2.2BrH/c1-17-4-2-11-21(16-17)12-3-15-24-20-7-5-18(6-8-20)19-9-13-22(23)14-10-19;;/h5-10,13-14,17H,2-4,11-12,15-16H2,1H3;2*1H/t17-;;/m0../s1. The first kappa shape index (κ1) is 22.9. The predicted octanol–water partition coefficient (Wildman–Crippen LogP) is 4.64. The van der Waals surface area contributed by atoms with Gasteiger partial charge < -0.3 is 14.8 Å². The Morgan fingerprint density at radius 1 is 1.08 bits per heavy atom. The highest BCUT2D eigenvalue weighted by Crippen LogP contribution is 2.21. The Morgan fingerprint density at radius 2 is 1.73 bits per heavy atom. The fourth-order valence-corrected chi connectivity index (χ4v) is 3.32. The van der Waals surface area contributed by atoms with Crippen molar-refractivity contribution in [2.45, 2.75) is 26.2 Å². The zero-order valence-electron chi connectivity index (χ0n) is 15.2. The molecule has 1 aliphatic heterocycles. The van der Waals surface area contributed by atoms with Gasteiger partial charge in [-0.05, 0) is 55.0 Å². The second-order valence-electron chi connectivity index (χ2n) is 6.72. The van der Waals surface area contributed by atoms with Gasteiger partial charge in [-0.25, -0.2) is 0 Å². The molecule has 0 bridgehead atoms. The molecule has 3 rings (SSSR count). The Kier molecular flexibility index (Phi) is 10.2. The lowest BCUT2D eigenvalue weighted by molar-refractivity contribution is -0.605. The van der Waals surface area contributed by atoms with E-state index in [1.807, 2.05) is 36.4 Å². The number of hydrogen-bond donors (Lipinski definition) is 0. The molecule has 26 heavy (non-hydrogen) atoms. The molecule has 1 aromatic heterocycles. The number of halogens is 2. The van der Waals surface area contributed by atoms with E-state index < -0.39 is 0 Å². The molecule has 2 aromatic rings. The first-order valence-electron chi connectivity index (χ1n) is 8.85. The quantitative estimate of drug-likeness (QED) is 0.338. The highest BCUT2D eigenvalue weighted by Gasteiger charge is 2.15. The van der Waals surface area contributed by atoms with Gasteiger partial charge in [-0.2, -0.15) is 4.73 Å². The van der Waals surface area contributed by atoms with Crippen LogP contribution in [0.1, 0.15) is 26.2 Å². The summed E-state index contributed by atoms with van der Waals surface area (Å²) in [6.45, 7) is 6.69. The Morgan fingerprint density at radius 3 is 2.38 bits per heavy atom. The van der Waals surface area contributed by atoms with E-state index in [9.17, 15) is 5.21 Å². The molecule has 1 saturated heterocycles. The van der Waals surface area contributed by atoms with Gasteiger partial charge in [0, 0.05) is 25.2 Å². The summed E-state index contributed by atoms with van der Waals surface area (Å²) in [5.74, 6) is 1.74. The first-order chi connectivity index (χ1) is 11.7. The topological polar surface area (TPSA) is 39.4 Å². The molecular weight excluding hydrogens is 460 g/mol. The van der Waals surface area contributed by atoms with Crippen LogP contribution in [0, 0.1) is 11.1 Å². The van der Waals surface area contributed by atoms with Gasteiger partial charge in [-0.15, -0.1) is 34.0 Å². The van der Waals surface area contributed by atoms with Gasteiger partial charge in [0.05, 0.1) is 6.61 Å². The van der Waals surface area contributed by atoms with Crippen molar-refractivity contribution < 1.29 is 9.47 Å². The zero-order valence-corrected chi connectivity index (χ0v) is 18.6. The molecule has 1 aromatic carbocycles. The van der Waals surface area contributed by atoms with Crippen LogP contribution in [0.25, 0.3) is 11.1 Å². The van der Waals surface area contributed by atoms with Gasteiger partial charge in [0.25, 0.3) is 0 Å². The summed E-state index contributed by atoms with van der Waals surface area (Å²) in [5, 5.41) is 11.1. The maximum atomic E-state index is 11.1. The molecule has 1 atom stereocenters. The van der Waals surface area contributed by atoms with E-state index in [1.54, 1.807) is 0 Å². The third-order valence-electron chi connectivity index (χ3n) is 4.62. The second kappa shape index (κ2) is 11.6. The van der Waals surface area contributed by atoms with Crippen molar-refractivity contribution in [1.29, 1.82) is 0 Å². The molecule has 1 aliphatic rings. The number of hydrogen-bond acceptors (Lipinski definition) is 3. The number of nitrogens with zero attached hydrogens (tertiary/aromatic N) is 2. The van der Waals surface area contributed by atoms with Gasteiger partial charge in [-0.3, -0.25) is 0 Å². The van der Waals surface area contributed by atoms with E-state index in [0.29, 0.717) is 0 Å². The van der Waals surface area contributed by atoms with Crippen molar-refractivity contribution in [3.05, 3.63) is 54.0 Å². The number of likely N-dealkylation sites (tertiary alicyclic amines) is 1. The molecule has 144 valence electrons. The predicted molar refractivity (Wildman–Crippen MR) is 116 cm³/mol. The summed E-state index contributed by atoms with van der Waals surface area (Å²) in [6.07, 6.45) is 6.80. The van der Waals surface area contributed by atoms with Crippen LogP contribution in [-0.2, 0) is 0 Å². The Bertz CT molecular complexity index is 635. The summed E-state index contributed by atoms with van der Waals surface area (Å²) in [4.78, 5) is 2.55. The normalized spacial score (nSPS) is 17.0. The third kappa shape index (κ3) is 6.89. The van der Waals surface area contributed by atoms with Crippen LogP contribution in [0.5, 0.6) is 5.75 Å². The first-order valence-corrected chi connectivity index (χ1v) is 8.85. The molecule has 2 heterocycles. The van der Waals surface area contributed by atoms with Gasteiger partial charge in [-0.1, -0.05) is 19.1 Å². The van der Waals surface area contributed by atoms with Crippen molar-refractivity contribution in [2.75, 3.05) is 26.2 Å². The Balaban J connectivity index is 0.00000169. The summed E-state index contributed by atoms with van der Waals surface area (Å²) in [6, 6.07) is 11.7. The molecule has 0 unspecified atom stereocenters. The maximum absolute atomic E-state index is 11.1. The number of benzene rings is 1. The van der Waals surface area contributed by atoms with E-state index in [0.717, 1.165) is 47.1 Å². The lowest BCUT2D eigenvalue weighted by atomic mass is 10.0. The fourth-order valence-electron chi connectivity index (χ4n) is 3.32. The minimum absolute atomic E-state index is 0. The second-order valence-corrected chi connectivity index (χ2v) is 6.72. The molecule has 6 heteroatoms. The van der Waals surface area contributed by atoms with Gasteiger partial charge in [0.1, 0.15) is 5.75 Å². The van der Waals surface area contributed by atoms with Crippen molar-refractivity contribution in [1.82, 2.24) is 4.90 Å². The smallest absolute Gasteiger partial charge is 0.180 e. The lowest BCUT2D eigenvalue weighted by Crippen LogP contribution is -2.35. The molecule has 0 saturated carbocycles. The highest BCUT2D eigenvalue weighted by atomic mass is 79.9. The van der Waals surface area contributed by atoms with Crippen molar-refractivity contribution in [3.8, 4) is 16.9 Å². The Labute approximate surface area is 177 Å². The van der Waals surface area contributed by atoms with Crippen molar-refractivity contribution >= 4 is 34.0 Å². The average Bonchev–Trinajstić information content (AvgIpc) is 2.60. The van der Waals surface area contributed by atoms with Crippen molar-refractivity contribution in [2.24, 2.45) is 5.92 Å². The molecule has 0 radical (unpaired) electrons. The van der Waals surface area contributed by atoms with Crippen LogP contribution in [-0.4, -0.2) is 31.1 Å². The minimum atomic E-state index is 0. The van der Waals surface area contributed by atoms with Crippen LogP contribution in [0.2, 0.25) is 0 Å². The Hall–Kier alpha value is -1.11. The average molecular weight is 488 g/mol. The highest BCUT2D eigenvalue weighted by molar-refractivity contribution is 8.93. The summed E-state index contributed by atoms with van der Waals surface area (Å²) in [7, 11) is 0. The van der Waals surface area contributed by atoms with Crippen molar-refractivity contribution in [3.63, 3.8) is 0 Å². The molecule has 0 aliphatic carbocycles. The third-order valence-corrected chi connectivity index (χ3v) is 4.62. The SMILES string of the molecule is Br.Br.C[C@H]1CCCN(CCCOc2ccc(-c3cc[n+]([O-])cc3)cc2)C1. The monoisotopic (exact) mass is 486 g/mol. The largest absolute Gasteiger partial charge is 0.619 e. The fraction of sp³-hybridized carbons (Fsp3) is 0.450. The van der Waals surface area contributed by atoms with E-state index >= 15 is 0 Å². The lowest BCUT2D eigenvalue weighted by Gasteiger charge is -2.30. The van der Waals surface area contributed by atoms with E-state index in [4.69, 9.17) is 4.74 Å².